The predicted octanol–water partition coefficient (Wildman–Crippen LogP) is 2.60. The Morgan fingerprint density at radius 1 is 1.50 bits per heavy atom. The molecule has 1 aromatic carbocycles. The minimum Gasteiger partial charge on any atom is -0.489 e. The van der Waals surface area contributed by atoms with Gasteiger partial charge in [-0.25, -0.2) is 0 Å². The van der Waals surface area contributed by atoms with Gasteiger partial charge in [0, 0.05) is 19.6 Å². The van der Waals surface area contributed by atoms with Gasteiger partial charge >= 0.3 is 0 Å². The summed E-state index contributed by atoms with van der Waals surface area (Å²) in [5.74, 6) is 1.19. The van der Waals surface area contributed by atoms with Crippen molar-refractivity contribution >= 4 is 5.91 Å². The number of carbonyl (C=O) groups is 1. The second-order valence-corrected chi connectivity index (χ2v) is 6.01. The monoisotopic (exact) mass is 302 g/mol. The van der Waals surface area contributed by atoms with E-state index in [9.17, 15) is 4.79 Å². The average Bonchev–Trinajstić information content (AvgIpc) is 2.94. The van der Waals surface area contributed by atoms with Gasteiger partial charge in [0.15, 0.2) is 0 Å². The zero-order valence-electron chi connectivity index (χ0n) is 13.6. The third kappa shape index (κ3) is 4.88. The SMILES string of the molecule is C=C(C)COc1cccc(CN2CC[C@@H](C(=O)NCC)C2)c1. The number of ether oxygens (including phenoxy) is 1. The molecule has 1 aliphatic heterocycles. The third-order valence-corrected chi connectivity index (χ3v) is 3.78. The standard InChI is InChI=1S/C18H26N2O2/c1-4-19-18(21)16-8-9-20(12-16)11-15-6-5-7-17(10-15)22-13-14(2)3/h5-7,10,16H,2,4,8-9,11-13H2,1,3H3,(H,19,21)/t16-/m1/s1. The Labute approximate surface area is 133 Å². The molecule has 0 aliphatic carbocycles. The van der Waals surface area contributed by atoms with E-state index in [0.717, 1.165) is 37.4 Å². The summed E-state index contributed by atoms with van der Waals surface area (Å²) in [6, 6.07) is 8.16. The average molecular weight is 302 g/mol. The van der Waals surface area contributed by atoms with Crippen molar-refractivity contribution < 1.29 is 9.53 Å². The number of likely N-dealkylation sites (tertiary alicyclic amines) is 1. The molecule has 22 heavy (non-hydrogen) atoms. The lowest BCUT2D eigenvalue weighted by atomic mass is 10.1. The maximum Gasteiger partial charge on any atom is 0.224 e. The van der Waals surface area contributed by atoms with Crippen molar-refractivity contribution in [1.82, 2.24) is 10.2 Å². The van der Waals surface area contributed by atoms with E-state index in [4.69, 9.17) is 4.74 Å². The zero-order chi connectivity index (χ0) is 15.9. The van der Waals surface area contributed by atoms with Gasteiger partial charge in [0.1, 0.15) is 12.4 Å². The molecular formula is C18H26N2O2. The van der Waals surface area contributed by atoms with E-state index in [0.29, 0.717) is 13.2 Å². The fraction of sp³-hybridized carbons (Fsp3) is 0.500. The van der Waals surface area contributed by atoms with Gasteiger partial charge in [-0.3, -0.25) is 9.69 Å². The van der Waals surface area contributed by atoms with Gasteiger partial charge in [-0.15, -0.1) is 0 Å². The first-order valence-corrected chi connectivity index (χ1v) is 7.94. The highest BCUT2D eigenvalue weighted by Gasteiger charge is 2.27. The molecule has 0 spiro atoms. The summed E-state index contributed by atoms with van der Waals surface area (Å²) in [5.41, 5.74) is 2.23. The lowest BCUT2D eigenvalue weighted by Crippen LogP contribution is -2.32. The topological polar surface area (TPSA) is 41.6 Å². The van der Waals surface area contributed by atoms with Crippen LogP contribution in [0.5, 0.6) is 5.75 Å². The normalized spacial score (nSPS) is 18.2. The molecule has 4 heteroatoms. The Bertz CT molecular complexity index is 528. The van der Waals surface area contributed by atoms with Crippen molar-refractivity contribution in [1.29, 1.82) is 0 Å². The largest absolute Gasteiger partial charge is 0.489 e. The Hall–Kier alpha value is -1.81. The van der Waals surface area contributed by atoms with Crippen LogP contribution in [-0.2, 0) is 11.3 Å². The lowest BCUT2D eigenvalue weighted by molar-refractivity contribution is -0.124. The van der Waals surface area contributed by atoms with Crippen LogP contribution in [0.2, 0.25) is 0 Å². The molecule has 1 heterocycles. The summed E-state index contributed by atoms with van der Waals surface area (Å²) < 4.78 is 5.68. The first-order chi connectivity index (χ1) is 10.6. The predicted molar refractivity (Wildman–Crippen MR) is 88.8 cm³/mol. The quantitative estimate of drug-likeness (QED) is 0.787. The molecule has 1 atom stereocenters. The Morgan fingerprint density at radius 3 is 3.05 bits per heavy atom. The first kappa shape index (κ1) is 16.6. The van der Waals surface area contributed by atoms with Gasteiger partial charge in [0.2, 0.25) is 5.91 Å². The minimum absolute atomic E-state index is 0.128. The summed E-state index contributed by atoms with van der Waals surface area (Å²) in [6.07, 6.45) is 0.942. The van der Waals surface area contributed by atoms with Gasteiger partial charge in [-0.05, 0) is 50.1 Å². The van der Waals surface area contributed by atoms with Crippen molar-refractivity contribution in [2.45, 2.75) is 26.8 Å². The van der Waals surface area contributed by atoms with E-state index < -0.39 is 0 Å². The van der Waals surface area contributed by atoms with Crippen LogP contribution < -0.4 is 10.1 Å². The molecule has 0 bridgehead atoms. The van der Waals surface area contributed by atoms with Gasteiger partial charge in [0.05, 0.1) is 5.92 Å². The summed E-state index contributed by atoms with van der Waals surface area (Å²) in [6.45, 7) is 11.7. The van der Waals surface area contributed by atoms with Gasteiger partial charge < -0.3 is 10.1 Å². The van der Waals surface area contributed by atoms with Crippen molar-refractivity contribution in [3.63, 3.8) is 0 Å². The van der Waals surface area contributed by atoms with Crippen molar-refractivity contribution in [3.8, 4) is 5.75 Å². The molecule has 1 N–H and O–H groups in total. The third-order valence-electron chi connectivity index (χ3n) is 3.78. The molecule has 1 saturated heterocycles. The zero-order valence-corrected chi connectivity index (χ0v) is 13.6. The van der Waals surface area contributed by atoms with Gasteiger partial charge in [0.25, 0.3) is 0 Å². The highest BCUT2D eigenvalue weighted by molar-refractivity contribution is 5.79. The summed E-state index contributed by atoms with van der Waals surface area (Å²) in [7, 11) is 0. The molecule has 4 nitrogen and oxygen atoms in total. The number of nitrogens with one attached hydrogen (secondary N) is 1. The Kier molecular flexibility index (Phi) is 6.01. The number of carbonyl (C=O) groups excluding carboxylic acids is 1. The van der Waals surface area contributed by atoms with E-state index in [2.05, 4.69) is 28.9 Å². The maximum absolute atomic E-state index is 11.9. The molecule has 1 aromatic rings. The highest BCUT2D eigenvalue weighted by Crippen LogP contribution is 2.21. The molecule has 1 aliphatic rings. The smallest absolute Gasteiger partial charge is 0.224 e. The van der Waals surface area contributed by atoms with Crippen LogP contribution in [-0.4, -0.2) is 37.0 Å². The van der Waals surface area contributed by atoms with Crippen LogP contribution in [0.3, 0.4) is 0 Å². The Morgan fingerprint density at radius 2 is 2.32 bits per heavy atom. The van der Waals surface area contributed by atoms with E-state index in [1.54, 1.807) is 0 Å². The molecule has 120 valence electrons. The van der Waals surface area contributed by atoms with E-state index in [-0.39, 0.29) is 11.8 Å². The lowest BCUT2D eigenvalue weighted by Gasteiger charge is -2.16. The number of amides is 1. The number of rotatable bonds is 7. The van der Waals surface area contributed by atoms with Crippen LogP contribution in [0, 0.1) is 5.92 Å². The summed E-state index contributed by atoms with van der Waals surface area (Å²) >= 11 is 0. The molecule has 2 rings (SSSR count). The first-order valence-electron chi connectivity index (χ1n) is 7.94. The molecular weight excluding hydrogens is 276 g/mol. The summed E-state index contributed by atoms with van der Waals surface area (Å²) in [5, 5.41) is 2.91. The van der Waals surface area contributed by atoms with Crippen molar-refractivity contribution in [2.75, 3.05) is 26.2 Å². The number of benzene rings is 1. The fourth-order valence-electron chi connectivity index (χ4n) is 2.71. The second kappa shape index (κ2) is 7.99. The molecule has 0 aromatic heterocycles. The molecule has 1 amide bonds. The number of hydrogen-bond acceptors (Lipinski definition) is 3. The highest BCUT2D eigenvalue weighted by atomic mass is 16.5. The molecule has 1 fully saturated rings. The van der Waals surface area contributed by atoms with Crippen LogP contribution >= 0.6 is 0 Å². The van der Waals surface area contributed by atoms with Crippen molar-refractivity contribution in [3.05, 3.63) is 42.0 Å². The Balaban J connectivity index is 1.87. The molecule has 0 saturated carbocycles. The van der Waals surface area contributed by atoms with Crippen LogP contribution in [0.1, 0.15) is 25.8 Å². The van der Waals surface area contributed by atoms with Crippen LogP contribution in [0.4, 0.5) is 0 Å². The van der Waals surface area contributed by atoms with Crippen LogP contribution in [0.15, 0.2) is 36.4 Å². The number of hydrogen-bond donors (Lipinski definition) is 1. The van der Waals surface area contributed by atoms with Gasteiger partial charge in [-0.1, -0.05) is 18.7 Å². The minimum atomic E-state index is 0.128. The van der Waals surface area contributed by atoms with E-state index in [1.807, 2.05) is 26.0 Å². The fourth-order valence-corrected chi connectivity index (χ4v) is 2.71. The second-order valence-electron chi connectivity index (χ2n) is 6.01. The van der Waals surface area contributed by atoms with Crippen LogP contribution in [0.25, 0.3) is 0 Å². The molecule has 0 unspecified atom stereocenters. The summed E-state index contributed by atoms with van der Waals surface area (Å²) in [4.78, 5) is 14.2. The number of nitrogens with zero attached hydrogens (tertiary/aromatic N) is 1. The van der Waals surface area contributed by atoms with Gasteiger partial charge in [-0.2, -0.15) is 0 Å². The van der Waals surface area contributed by atoms with E-state index >= 15 is 0 Å². The van der Waals surface area contributed by atoms with E-state index in [1.165, 1.54) is 5.56 Å². The van der Waals surface area contributed by atoms with Crippen molar-refractivity contribution in [2.24, 2.45) is 5.92 Å². The molecule has 0 radical (unpaired) electrons. The maximum atomic E-state index is 11.9.